The quantitative estimate of drug-likeness (QED) is 0.371. The number of aliphatic imine (C=N–C) groups is 1. The van der Waals surface area contributed by atoms with Crippen LogP contribution >= 0.6 is 24.0 Å². The first-order chi connectivity index (χ1) is 11.7. The van der Waals surface area contributed by atoms with Crippen LogP contribution < -0.4 is 20.5 Å². The summed E-state index contributed by atoms with van der Waals surface area (Å²) in [4.78, 5) is 7.04. The van der Waals surface area contributed by atoms with Gasteiger partial charge in [0.2, 0.25) is 0 Å². The van der Waals surface area contributed by atoms with Crippen LogP contribution in [0.25, 0.3) is 0 Å². The molecule has 25 heavy (non-hydrogen) atoms. The highest BCUT2D eigenvalue weighted by Crippen LogP contribution is 2.31. The van der Waals surface area contributed by atoms with E-state index >= 15 is 0 Å². The van der Waals surface area contributed by atoms with Crippen LogP contribution in [0.2, 0.25) is 0 Å². The Morgan fingerprint density at radius 1 is 1.24 bits per heavy atom. The minimum Gasteiger partial charge on any atom is -0.493 e. The molecule has 2 aliphatic rings. The molecule has 1 heterocycles. The van der Waals surface area contributed by atoms with Crippen LogP contribution in [0, 0.1) is 5.92 Å². The molecule has 0 amide bonds. The molecule has 3 rings (SSSR count). The largest absolute Gasteiger partial charge is 0.493 e. The predicted molar refractivity (Wildman–Crippen MR) is 111 cm³/mol. The highest BCUT2D eigenvalue weighted by Gasteiger charge is 2.34. The number of guanidine groups is 1. The second-order valence-electron chi connectivity index (χ2n) is 6.65. The fourth-order valence-electron chi connectivity index (χ4n) is 3.26. The summed E-state index contributed by atoms with van der Waals surface area (Å²) in [7, 11) is 3.26. The second-order valence-corrected chi connectivity index (χ2v) is 6.65. The first-order valence-corrected chi connectivity index (χ1v) is 8.68. The number of methoxy groups -OCH3 is 2. The number of nitrogens with zero attached hydrogens (tertiary/aromatic N) is 2. The van der Waals surface area contributed by atoms with E-state index < -0.39 is 0 Å². The molecule has 0 radical (unpaired) electrons. The van der Waals surface area contributed by atoms with Crippen LogP contribution in [-0.2, 0) is 6.54 Å². The summed E-state index contributed by atoms with van der Waals surface area (Å²) in [5, 5.41) is 3.27. The zero-order chi connectivity index (χ0) is 16.9. The Kier molecular flexibility index (Phi) is 7.61. The van der Waals surface area contributed by atoms with E-state index in [2.05, 4.69) is 15.2 Å². The van der Waals surface area contributed by atoms with Crippen LogP contribution in [0.1, 0.15) is 24.8 Å². The number of nitrogens with one attached hydrogen (secondary N) is 1. The minimum atomic E-state index is 0. The summed E-state index contributed by atoms with van der Waals surface area (Å²) in [6, 6.07) is 6.66. The number of hydrogen-bond donors (Lipinski definition) is 2. The summed E-state index contributed by atoms with van der Waals surface area (Å²) in [5.41, 5.74) is 7.04. The minimum absolute atomic E-state index is 0. The lowest BCUT2D eigenvalue weighted by atomic mass is 10.1. The lowest BCUT2D eigenvalue weighted by Gasteiger charge is -2.15. The van der Waals surface area contributed by atoms with Crippen LogP contribution in [0.15, 0.2) is 23.2 Å². The van der Waals surface area contributed by atoms with Crippen LogP contribution in [0.5, 0.6) is 11.5 Å². The summed E-state index contributed by atoms with van der Waals surface area (Å²) in [6.45, 7) is 3.86. The Balaban J connectivity index is 0.00000225. The molecule has 1 aliphatic heterocycles. The molecule has 1 aliphatic carbocycles. The van der Waals surface area contributed by atoms with Crippen molar-refractivity contribution >= 4 is 29.9 Å². The molecule has 2 fully saturated rings. The molecule has 1 aromatic carbocycles. The molecule has 6 nitrogen and oxygen atoms in total. The monoisotopic (exact) mass is 460 g/mol. The Bertz CT molecular complexity index is 592. The molecular formula is C18H29IN4O2. The van der Waals surface area contributed by atoms with Crippen LogP contribution in [0.3, 0.4) is 0 Å². The van der Waals surface area contributed by atoms with Crippen molar-refractivity contribution in [3.63, 3.8) is 0 Å². The Labute approximate surface area is 167 Å². The molecule has 1 saturated carbocycles. The number of likely N-dealkylation sites (tertiary alicyclic amines) is 1. The van der Waals surface area contributed by atoms with Crippen molar-refractivity contribution in [3.05, 3.63) is 23.8 Å². The third-order valence-corrected chi connectivity index (χ3v) is 4.83. The first kappa shape index (κ1) is 20.1. The average molecular weight is 460 g/mol. The van der Waals surface area contributed by atoms with Gasteiger partial charge in [-0.05, 0) is 49.4 Å². The van der Waals surface area contributed by atoms with Crippen LogP contribution in [-0.4, -0.2) is 50.8 Å². The molecule has 0 spiro atoms. The fraction of sp³-hybridized carbons (Fsp3) is 0.611. The first-order valence-electron chi connectivity index (χ1n) is 8.68. The van der Waals surface area contributed by atoms with Crippen molar-refractivity contribution < 1.29 is 9.47 Å². The van der Waals surface area contributed by atoms with Gasteiger partial charge in [-0.2, -0.15) is 0 Å². The van der Waals surface area contributed by atoms with Gasteiger partial charge in [-0.25, -0.2) is 4.99 Å². The van der Waals surface area contributed by atoms with Crippen LogP contribution in [0.4, 0.5) is 0 Å². The number of rotatable bonds is 7. The van der Waals surface area contributed by atoms with E-state index in [-0.39, 0.29) is 24.0 Å². The molecular weight excluding hydrogens is 431 g/mol. The zero-order valence-electron chi connectivity index (χ0n) is 15.0. The number of nitrogens with two attached hydrogens (primary N) is 1. The van der Waals surface area contributed by atoms with Crippen molar-refractivity contribution in [2.75, 3.05) is 33.9 Å². The smallest absolute Gasteiger partial charge is 0.188 e. The third-order valence-electron chi connectivity index (χ3n) is 4.83. The maximum absolute atomic E-state index is 6.00. The third kappa shape index (κ3) is 5.64. The van der Waals surface area contributed by atoms with Gasteiger partial charge in [-0.15, -0.1) is 24.0 Å². The van der Waals surface area contributed by atoms with Gasteiger partial charge in [0, 0.05) is 19.1 Å². The van der Waals surface area contributed by atoms with Crippen molar-refractivity contribution in [2.24, 2.45) is 16.6 Å². The molecule has 1 atom stereocenters. The molecule has 1 aromatic rings. The fourth-order valence-corrected chi connectivity index (χ4v) is 3.26. The summed E-state index contributed by atoms with van der Waals surface area (Å²) in [6.07, 6.45) is 4.02. The van der Waals surface area contributed by atoms with E-state index in [0.717, 1.165) is 23.9 Å². The van der Waals surface area contributed by atoms with E-state index in [1.54, 1.807) is 14.2 Å². The van der Waals surface area contributed by atoms with Crippen molar-refractivity contribution in [3.8, 4) is 11.5 Å². The number of benzene rings is 1. The number of hydrogen-bond acceptors (Lipinski definition) is 4. The predicted octanol–water partition coefficient (Wildman–Crippen LogP) is 2.21. The maximum Gasteiger partial charge on any atom is 0.188 e. The summed E-state index contributed by atoms with van der Waals surface area (Å²) >= 11 is 0. The topological polar surface area (TPSA) is 72.1 Å². The summed E-state index contributed by atoms with van der Waals surface area (Å²) < 4.78 is 10.5. The summed E-state index contributed by atoms with van der Waals surface area (Å²) in [5.74, 6) is 2.62. The van der Waals surface area contributed by atoms with Gasteiger partial charge in [0.1, 0.15) is 0 Å². The molecule has 140 valence electrons. The van der Waals surface area contributed by atoms with E-state index in [1.165, 1.54) is 32.4 Å². The van der Waals surface area contributed by atoms with Gasteiger partial charge in [0.25, 0.3) is 0 Å². The number of ether oxygens (including phenoxy) is 2. The average Bonchev–Trinajstić information content (AvgIpc) is 3.36. The molecule has 0 bridgehead atoms. The van der Waals surface area contributed by atoms with Crippen molar-refractivity contribution in [1.82, 2.24) is 10.2 Å². The number of halogens is 1. The highest BCUT2D eigenvalue weighted by atomic mass is 127. The molecule has 1 unspecified atom stereocenters. The van der Waals surface area contributed by atoms with E-state index in [0.29, 0.717) is 24.2 Å². The SMILES string of the molecule is COc1ccc(CN=C(N)NCC2CCN(C3CC3)C2)cc1OC.I. The van der Waals surface area contributed by atoms with Gasteiger partial charge in [-0.3, -0.25) is 0 Å². The lowest BCUT2D eigenvalue weighted by Crippen LogP contribution is -2.36. The Morgan fingerprint density at radius 3 is 2.68 bits per heavy atom. The van der Waals surface area contributed by atoms with Gasteiger partial charge < -0.3 is 25.4 Å². The highest BCUT2D eigenvalue weighted by molar-refractivity contribution is 14.0. The van der Waals surface area contributed by atoms with Gasteiger partial charge in [0.15, 0.2) is 17.5 Å². The molecule has 7 heteroatoms. The maximum atomic E-state index is 6.00. The van der Waals surface area contributed by atoms with Gasteiger partial charge in [0.05, 0.1) is 20.8 Å². The molecule has 3 N–H and O–H groups in total. The normalized spacial score (nSPS) is 20.9. The van der Waals surface area contributed by atoms with E-state index in [1.807, 2.05) is 18.2 Å². The van der Waals surface area contributed by atoms with Gasteiger partial charge >= 0.3 is 0 Å². The van der Waals surface area contributed by atoms with Crippen molar-refractivity contribution in [2.45, 2.75) is 31.8 Å². The lowest BCUT2D eigenvalue weighted by molar-refractivity contribution is 0.314. The van der Waals surface area contributed by atoms with E-state index in [4.69, 9.17) is 15.2 Å². The van der Waals surface area contributed by atoms with Gasteiger partial charge in [-0.1, -0.05) is 6.07 Å². The molecule has 1 saturated heterocycles. The zero-order valence-corrected chi connectivity index (χ0v) is 17.4. The Hall–Kier alpha value is -1.22. The molecule has 0 aromatic heterocycles. The van der Waals surface area contributed by atoms with E-state index in [9.17, 15) is 0 Å². The Morgan fingerprint density at radius 2 is 2.00 bits per heavy atom. The second kappa shape index (κ2) is 9.47. The van der Waals surface area contributed by atoms with Crippen molar-refractivity contribution in [1.29, 1.82) is 0 Å². The standard InChI is InChI=1S/C18H28N4O2.HI/c1-23-16-6-3-13(9-17(16)24-2)10-20-18(19)21-11-14-7-8-22(12-14)15-4-5-15;/h3,6,9,14-15H,4-5,7-8,10-12H2,1-2H3,(H3,19,20,21);1H.